The predicted molar refractivity (Wildman–Crippen MR) is 59.0 cm³/mol. The molecule has 2 aromatic heterocycles. The first-order valence-electron chi connectivity index (χ1n) is 5.70. The largest absolute Gasteiger partial charge is 0.327 e. The van der Waals surface area contributed by atoms with E-state index in [1.807, 2.05) is 17.9 Å². The van der Waals surface area contributed by atoms with Gasteiger partial charge in [-0.3, -0.25) is 0 Å². The molecule has 2 aromatic rings. The van der Waals surface area contributed by atoms with Crippen LogP contribution in [0.1, 0.15) is 30.1 Å². The summed E-state index contributed by atoms with van der Waals surface area (Å²) < 4.78 is 4.16. The van der Waals surface area contributed by atoms with Crippen LogP contribution < -0.4 is 0 Å². The van der Waals surface area contributed by atoms with E-state index < -0.39 is 0 Å². The van der Waals surface area contributed by atoms with Gasteiger partial charge in [0.2, 0.25) is 0 Å². The lowest BCUT2D eigenvalue weighted by Gasteiger charge is -2.13. The number of hydrogen-bond acceptors (Lipinski definition) is 3. The Bertz CT molecular complexity index is 496. The van der Waals surface area contributed by atoms with Gasteiger partial charge in [-0.1, -0.05) is 0 Å². The Morgan fingerprint density at radius 2 is 2.12 bits per heavy atom. The molecule has 0 fully saturated rings. The molecule has 0 saturated carbocycles. The van der Waals surface area contributed by atoms with Crippen molar-refractivity contribution < 1.29 is 0 Å². The number of fused-ring (bicyclic) bond motifs is 1. The zero-order valence-electron chi connectivity index (χ0n) is 9.43. The lowest BCUT2D eigenvalue weighted by molar-refractivity contribution is 0.611. The molecule has 0 unspecified atom stereocenters. The van der Waals surface area contributed by atoms with Crippen molar-refractivity contribution in [2.75, 3.05) is 0 Å². The molecule has 0 amide bonds. The van der Waals surface area contributed by atoms with Gasteiger partial charge in [0.1, 0.15) is 6.33 Å². The van der Waals surface area contributed by atoms with E-state index in [4.69, 9.17) is 0 Å². The van der Waals surface area contributed by atoms with Crippen molar-refractivity contribution in [2.45, 2.75) is 32.2 Å². The summed E-state index contributed by atoms with van der Waals surface area (Å²) in [6, 6.07) is 0. The summed E-state index contributed by atoms with van der Waals surface area (Å²) in [6.45, 7) is 0.777. The topological polar surface area (TPSA) is 48.5 Å². The SMILES string of the molecule is Cn1cnnc1Cn1cnc2c1CCCC2. The minimum absolute atomic E-state index is 0.777. The Hall–Kier alpha value is -1.65. The summed E-state index contributed by atoms with van der Waals surface area (Å²) in [5.41, 5.74) is 2.66. The van der Waals surface area contributed by atoms with E-state index in [-0.39, 0.29) is 0 Å². The first-order chi connectivity index (χ1) is 7.84. The van der Waals surface area contributed by atoms with Crippen LogP contribution in [0.4, 0.5) is 0 Å². The van der Waals surface area contributed by atoms with Crippen molar-refractivity contribution in [1.29, 1.82) is 0 Å². The Balaban J connectivity index is 1.90. The highest BCUT2D eigenvalue weighted by atomic mass is 15.3. The van der Waals surface area contributed by atoms with E-state index in [9.17, 15) is 0 Å². The molecular weight excluding hydrogens is 202 g/mol. The van der Waals surface area contributed by atoms with E-state index in [2.05, 4.69) is 19.7 Å². The van der Waals surface area contributed by atoms with Gasteiger partial charge < -0.3 is 9.13 Å². The van der Waals surface area contributed by atoms with E-state index in [0.717, 1.165) is 25.2 Å². The second-order valence-electron chi connectivity index (χ2n) is 4.33. The summed E-state index contributed by atoms with van der Waals surface area (Å²) in [5.74, 6) is 0.978. The number of imidazole rings is 1. The molecule has 1 aliphatic carbocycles. The summed E-state index contributed by atoms with van der Waals surface area (Å²) in [4.78, 5) is 4.47. The highest BCUT2D eigenvalue weighted by Gasteiger charge is 2.15. The fraction of sp³-hybridized carbons (Fsp3) is 0.545. The highest BCUT2D eigenvalue weighted by molar-refractivity contribution is 5.17. The molecule has 0 N–H and O–H groups in total. The van der Waals surface area contributed by atoms with Crippen LogP contribution >= 0.6 is 0 Å². The second kappa shape index (κ2) is 3.73. The first kappa shape index (κ1) is 9.57. The molecule has 0 radical (unpaired) electrons. The highest BCUT2D eigenvalue weighted by Crippen LogP contribution is 2.20. The molecule has 0 aromatic carbocycles. The second-order valence-corrected chi connectivity index (χ2v) is 4.33. The normalized spacial score (nSPS) is 15.1. The maximum Gasteiger partial charge on any atom is 0.152 e. The van der Waals surface area contributed by atoms with E-state index in [0.29, 0.717) is 0 Å². The molecule has 16 heavy (non-hydrogen) atoms. The van der Waals surface area contributed by atoms with E-state index in [1.165, 1.54) is 24.2 Å². The quantitative estimate of drug-likeness (QED) is 0.752. The summed E-state index contributed by atoms with van der Waals surface area (Å²) >= 11 is 0. The molecule has 5 heteroatoms. The van der Waals surface area contributed by atoms with Crippen molar-refractivity contribution in [3.63, 3.8) is 0 Å². The molecule has 0 spiro atoms. The zero-order valence-corrected chi connectivity index (χ0v) is 9.43. The van der Waals surface area contributed by atoms with Gasteiger partial charge in [-0.05, 0) is 25.7 Å². The van der Waals surface area contributed by atoms with Crippen LogP contribution in [0.5, 0.6) is 0 Å². The first-order valence-corrected chi connectivity index (χ1v) is 5.70. The molecule has 2 heterocycles. The third-order valence-electron chi connectivity index (χ3n) is 3.23. The molecule has 3 rings (SSSR count). The minimum Gasteiger partial charge on any atom is -0.327 e. The van der Waals surface area contributed by atoms with Crippen LogP contribution in [0.2, 0.25) is 0 Å². The summed E-state index contributed by atoms with van der Waals surface area (Å²) in [7, 11) is 1.97. The fourth-order valence-electron chi connectivity index (χ4n) is 2.27. The summed E-state index contributed by atoms with van der Waals surface area (Å²) in [5, 5.41) is 8.00. The van der Waals surface area contributed by atoms with Crippen molar-refractivity contribution in [3.05, 3.63) is 29.9 Å². The average molecular weight is 217 g/mol. The number of aromatic nitrogens is 5. The number of rotatable bonds is 2. The third-order valence-corrected chi connectivity index (χ3v) is 3.23. The Morgan fingerprint density at radius 1 is 1.25 bits per heavy atom. The van der Waals surface area contributed by atoms with E-state index in [1.54, 1.807) is 6.33 Å². The monoisotopic (exact) mass is 217 g/mol. The maximum absolute atomic E-state index is 4.47. The van der Waals surface area contributed by atoms with Crippen molar-refractivity contribution in [1.82, 2.24) is 24.3 Å². The van der Waals surface area contributed by atoms with Gasteiger partial charge in [-0.25, -0.2) is 4.98 Å². The van der Waals surface area contributed by atoms with Gasteiger partial charge in [0, 0.05) is 12.7 Å². The lowest BCUT2D eigenvalue weighted by atomic mass is 10.0. The molecular formula is C11H15N5. The van der Waals surface area contributed by atoms with Crippen LogP contribution in [0.25, 0.3) is 0 Å². The number of nitrogens with zero attached hydrogens (tertiary/aromatic N) is 5. The van der Waals surface area contributed by atoms with Crippen LogP contribution in [-0.2, 0) is 26.4 Å². The van der Waals surface area contributed by atoms with Gasteiger partial charge in [-0.2, -0.15) is 0 Å². The lowest BCUT2D eigenvalue weighted by Crippen LogP contribution is -2.11. The number of hydrogen-bond donors (Lipinski definition) is 0. The van der Waals surface area contributed by atoms with Gasteiger partial charge in [0.05, 0.1) is 18.6 Å². The molecule has 0 bridgehead atoms. The van der Waals surface area contributed by atoms with Gasteiger partial charge >= 0.3 is 0 Å². The Kier molecular flexibility index (Phi) is 2.23. The standard InChI is InChI=1S/C11H15N5/c1-15-8-13-14-11(15)6-16-7-12-9-4-2-3-5-10(9)16/h7-8H,2-6H2,1H3. The molecule has 0 saturated heterocycles. The van der Waals surface area contributed by atoms with Crippen LogP contribution in [0.3, 0.4) is 0 Å². The zero-order chi connectivity index (χ0) is 11.0. The summed E-state index contributed by atoms with van der Waals surface area (Å²) in [6.07, 6.45) is 8.49. The van der Waals surface area contributed by atoms with Crippen LogP contribution in [0.15, 0.2) is 12.7 Å². The minimum atomic E-state index is 0.777. The van der Waals surface area contributed by atoms with Crippen molar-refractivity contribution >= 4 is 0 Å². The maximum atomic E-state index is 4.47. The van der Waals surface area contributed by atoms with Crippen molar-refractivity contribution in [3.8, 4) is 0 Å². The van der Waals surface area contributed by atoms with Gasteiger partial charge in [-0.15, -0.1) is 10.2 Å². The predicted octanol–water partition coefficient (Wildman–Crippen LogP) is 0.939. The molecule has 0 aliphatic heterocycles. The van der Waals surface area contributed by atoms with Gasteiger partial charge in [0.15, 0.2) is 5.82 Å². The Morgan fingerprint density at radius 3 is 2.94 bits per heavy atom. The van der Waals surface area contributed by atoms with Gasteiger partial charge in [0.25, 0.3) is 0 Å². The molecule has 5 nitrogen and oxygen atoms in total. The number of aryl methyl sites for hydroxylation is 2. The Labute approximate surface area is 94.1 Å². The average Bonchev–Trinajstić information content (AvgIpc) is 2.88. The van der Waals surface area contributed by atoms with Crippen LogP contribution in [0, 0.1) is 0 Å². The fourth-order valence-corrected chi connectivity index (χ4v) is 2.27. The van der Waals surface area contributed by atoms with E-state index >= 15 is 0 Å². The third kappa shape index (κ3) is 1.52. The van der Waals surface area contributed by atoms with Crippen LogP contribution in [-0.4, -0.2) is 24.3 Å². The molecule has 0 atom stereocenters. The smallest absolute Gasteiger partial charge is 0.152 e. The molecule has 84 valence electrons. The molecule has 1 aliphatic rings. The van der Waals surface area contributed by atoms with Crippen molar-refractivity contribution in [2.24, 2.45) is 7.05 Å².